The quantitative estimate of drug-likeness (QED) is 0.550. The lowest BCUT2D eigenvalue weighted by Gasteiger charge is -2.16. The van der Waals surface area contributed by atoms with Gasteiger partial charge in [0.25, 0.3) is 0 Å². The molecular formula is C10H19NO. The van der Waals surface area contributed by atoms with Crippen molar-refractivity contribution in [3.8, 4) is 0 Å². The summed E-state index contributed by atoms with van der Waals surface area (Å²) in [5, 5.41) is 0. The molecule has 0 atom stereocenters. The van der Waals surface area contributed by atoms with Crippen LogP contribution in [0.25, 0.3) is 0 Å². The Morgan fingerprint density at radius 2 is 1.67 bits per heavy atom. The van der Waals surface area contributed by atoms with E-state index in [0.29, 0.717) is 0 Å². The molecule has 0 rings (SSSR count). The van der Waals surface area contributed by atoms with E-state index in [1.807, 2.05) is 13.0 Å². The number of rotatable bonds is 1. The fourth-order valence-corrected chi connectivity index (χ4v) is 1.06. The largest absolute Gasteiger partial charge is 0.345 e. The Kier molecular flexibility index (Phi) is 3.50. The number of nitrogens with zero attached hydrogens (tertiary/aromatic N) is 1. The Balaban J connectivity index is 4.50. The molecular weight excluding hydrogens is 150 g/mol. The number of likely N-dealkylation sites (N-methyl/N-ethyl adjacent to an activating group) is 1. The van der Waals surface area contributed by atoms with Gasteiger partial charge in [0, 0.05) is 19.7 Å². The molecule has 0 aromatic heterocycles. The topological polar surface area (TPSA) is 20.3 Å². The molecule has 0 radical (unpaired) electrons. The molecule has 0 bridgehead atoms. The number of hydrogen-bond donors (Lipinski definition) is 0. The van der Waals surface area contributed by atoms with Crippen molar-refractivity contribution in [1.82, 2.24) is 4.90 Å². The van der Waals surface area contributed by atoms with Crippen molar-refractivity contribution in [2.45, 2.75) is 27.7 Å². The minimum absolute atomic E-state index is 0.0791. The fourth-order valence-electron chi connectivity index (χ4n) is 1.06. The van der Waals surface area contributed by atoms with Gasteiger partial charge in [-0.1, -0.05) is 26.8 Å². The number of carbonyl (C=O) groups is 1. The second kappa shape index (κ2) is 3.74. The van der Waals surface area contributed by atoms with Crippen molar-refractivity contribution >= 4 is 5.91 Å². The van der Waals surface area contributed by atoms with E-state index in [1.54, 1.807) is 19.0 Å². The average Bonchev–Trinajstić information content (AvgIpc) is 1.82. The Labute approximate surface area is 75.3 Å². The van der Waals surface area contributed by atoms with Gasteiger partial charge in [-0.05, 0) is 12.3 Å². The highest BCUT2D eigenvalue weighted by molar-refractivity contribution is 5.92. The lowest BCUT2D eigenvalue weighted by atomic mass is 9.93. The minimum Gasteiger partial charge on any atom is -0.345 e. The van der Waals surface area contributed by atoms with Crippen LogP contribution < -0.4 is 0 Å². The summed E-state index contributed by atoms with van der Waals surface area (Å²) < 4.78 is 0. The third-order valence-electron chi connectivity index (χ3n) is 1.39. The van der Waals surface area contributed by atoms with Crippen molar-refractivity contribution in [2.75, 3.05) is 14.1 Å². The molecule has 70 valence electrons. The third-order valence-corrected chi connectivity index (χ3v) is 1.39. The summed E-state index contributed by atoms with van der Waals surface area (Å²) >= 11 is 0. The normalized spacial score (nSPS) is 13.0. The lowest BCUT2D eigenvalue weighted by Crippen LogP contribution is -2.23. The van der Waals surface area contributed by atoms with Crippen molar-refractivity contribution < 1.29 is 4.79 Å². The predicted octanol–water partition coefficient (Wildman–Crippen LogP) is 2.07. The maximum Gasteiger partial charge on any atom is 0.248 e. The van der Waals surface area contributed by atoms with Crippen LogP contribution in [0.5, 0.6) is 0 Å². The Morgan fingerprint density at radius 3 is 1.92 bits per heavy atom. The van der Waals surface area contributed by atoms with Crippen molar-refractivity contribution in [1.29, 1.82) is 0 Å². The zero-order chi connectivity index (χ0) is 9.94. The van der Waals surface area contributed by atoms with Gasteiger partial charge < -0.3 is 4.90 Å². The second-order valence-corrected chi connectivity index (χ2v) is 4.39. The molecule has 2 nitrogen and oxygen atoms in total. The summed E-state index contributed by atoms with van der Waals surface area (Å²) in [6, 6.07) is 0. The van der Waals surface area contributed by atoms with E-state index in [9.17, 15) is 4.79 Å². The Morgan fingerprint density at radius 1 is 1.25 bits per heavy atom. The highest BCUT2D eigenvalue weighted by atomic mass is 16.2. The number of carbonyl (C=O) groups excluding carboxylic acids is 1. The molecule has 1 amide bonds. The van der Waals surface area contributed by atoms with Crippen LogP contribution in [0.1, 0.15) is 27.7 Å². The zero-order valence-corrected chi connectivity index (χ0v) is 8.93. The van der Waals surface area contributed by atoms with Gasteiger partial charge in [0.05, 0.1) is 0 Å². The molecule has 0 N–H and O–H groups in total. The number of amides is 1. The van der Waals surface area contributed by atoms with E-state index >= 15 is 0 Å². The van der Waals surface area contributed by atoms with E-state index in [1.165, 1.54) is 0 Å². The maximum atomic E-state index is 11.4. The summed E-state index contributed by atoms with van der Waals surface area (Å²) in [6.45, 7) is 8.10. The molecule has 0 aliphatic heterocycles. The highest BCUT2D eigenvalue weighted by Crippen LogP contribution is 2.17. The van der Waals surface area contributed by atoms with Crippen LogP contribution in [0, 0.1) is 5.41 Å². The van der Waals surface area contributed by atoms with Gasteiger partial charge in [-0.25, -0.2) is 0 Å². The van der Waals surface area contributed by atoms with Gasteiger partial charge in [0.1, 0.15) is 0 Å². The standard InChI is InChI=1S/C10H19NO/c1-8(7-10(2,3)4)9(12)11(5)6/h7H,1-6H3/b8-7+. The van der Waals surface area contributed by atoms with Gasteiger partial charge in [-0.3, -0.25) is 4.79 Å². The second-order valence-electron chi connectivity index (χ2n) is 4.39. The van der Waals surface area contributed by atoms with Crippen molar-refractivity contribution in [2.24, 2.45) is 5.41 Å². The Hall–Kier alpha value is -0.790. The van der Waals surface area contributed by atoms with Crippen molar-refractivity contribution in [3.05, 3.63) is 11.6 Å². The predicted molar refractivity (Wildman–Crippen MR) is 51.9 cm³/mol. The monoisotopic (exact) mass is 169 g/mol. The molecule has 0 spiro atoms. The molecule has 12 heavy (non-hydrogen) atoms. The molecule has 0 aromatic carbocycles. The van der Waals surface area contributed by atoms with E-state index in [2.05, 4.69) is 20.8 Å². The molecule has 0 saturated carbocycles. The van der Waals surface area contributed by atoms with Crippen LogP contribution in [0.2, 0.25) is 0 Å². The molecule has 0 aliphatic carbocycles. The summed E-state index contributed by atoms with van der Waals surface area (Å²) in [4.78, 5) is 13.0. The molecule has 0 unspecified atom stereocenters. The molecule has 0 aliphatic rings. The summed E-state index contributed by atoms with van der Waals surface area (Å²) in [5.41, 5.74) is 0.892. The van der Waals surface area contributed by atoms with Gasteiger partial charge in [-0.15, -0.1) is 0 Å². The highest BCUT2D eigenvalue weighted by Gasteiger charge is 2.11. The number of hydrogen-bond acceptors (Lipinski definition) is 1. The van der Waals surface area contributed by atoms with Crippen LogP contribution in [0.3, 0.4) is 0 Å². The van der Waals surface area contributed by atoms with Crippen LogP contribution >= 0.6 is 0 Å². The van der Waals surface area contributed by atoms with Crippen molar-refractivity contribution in [3.63, 3.8) is 0 Å². The molecule has 0 heterocycles. The zero-order valence-electron chi connectivity index (χ0n) is 8.93. The molecule has 2 heteroatoms. The maximum absolute atomic E-state index is 11.4. The first kappa shape index (κ1) is 11.2. The van der Waals surface area contributed by atoms with Crippen LogP contribution in [-0.2, 0) is 4.79 Å². The average molecular weight is 169 g/mol. The third kappa shape index (κ3) is 4.16. The van der Waals surface area contributed by atoms with Crippen LogP contribution in [-0.4, -0.2) is 24.9 Å². The summed E-state index contributed by atoms with van der Waals surface area (Å²) in [6.07, 6.45) is 2.00. The van der Waals surface area contributed by atoms with Gasteiger partial charge in [0.15, 0.2) is 0 Å². The first-order valence-corrected chi connectivity index (χ1v) is 4.15. The first-order chi connectivity index (χ1) is 5.24. The minimum atomic E-state index is 0.0791. The van der Waals surface area contributed by atoms with E-state index in [0.717, 1.165) is 5.57 Å². The number of allylic oxidation sites excluding steroid dienone is 1. The van der Waals surface area contributed by atoms with E-state index in [-0.39, 0.29) is 11.3 Å². The van der Waals surface area contributed by atoms with E-state index in [4.69, 9.17) is 0 Å². The molecule has 0 fully saturated rings. The lowest BCUT2D eigenvalue weighted by molar-refractivity contribution is -0.124. The SMILES string of the molecule is C/C(=C\C(C)(C)C)C(=O)N(C)C. The first-order valence-electron chi connectivity index (χ1n) is 4.15. The fraction of sp³-hybridized carbons (Fsp3) is 0.700. The van der Waals surface area contributed by atoms with Gasteiger partial charge in [-0.2, -0.15) is 0 Å². The van der Waals surface area contributed by atoms with Gasteiger partial charge in [0.2, 0.25) is 5.91 Å². The summed E-state index contributed by atoms with van der Waals surface area (Å²) in [5.74, 6) is 0.0879. The molecule has 0 aromatic rings. The summed E-state index contributed by atoms with van der Waals surface area (Å²) in [7, 11) is 3.53. The Bertz CT molecular complexity index is 196. The molecule has 0 saturated heterocycles. The van der Waals surface area contributed by atoms with Crippen LogP contribution in [0.4, 0.5) is 0 Å². The van der Waals surface area contributed by atoms with E-state index < -0.39 is 0 Å². The smallest absolute Gasteiger partial charge is 0.248 e. The van der Waals surface area contributed by atoms with Crippen LogP contribution in [0.15, 0.2) is 11.6 Å². The van der Waals surface area contributed by atoms with Gasteiger partial charge >= 0.3 is 0 Å².